The van der Waals surface area contributed by atoms with E-state index in [9.17, 15) is 4.79 Å². The Bertz CT molecular complexity index is 977. The van der Waals surface area contributed by atoms with Crippen LogP contribution in [0.2, 0.25) is 0 Å². The molecule has 1 aliphatic rings. The SMILES string of the molecule is Cc1cncc(-c2ccc3c(n2)N(C(=O)Nc2cnccn2)CCCCN3)c1. The highest BCUT2D eigenvalue weighted by Crippen LogP contribution is 2.30. The largest absolute Gasteiger partial charge is 0.382 e. The molecule has 8 nitrogen and oxygen atoms in total. The van der Waals surface area contributed by atoms with Gasteiger partial charge in [0.25, 0.3) is 0 Å². The number of anilines is 3. The molecular formula is C20H21N7O. The summed E-state index contributed by atoms with van der Waals surface area (Å²) in [5.41, 5.74) is 3.58. The molecule has 0 aromatic carbocycles. The minimum absolute atomic E-state index is 0.280. The molecule has 28 heavy (non-hydrogen) atoms. The number of fused-ring (bicyclic) bond motifs is 1. The Kier molecular flexibility index (Phi) is 5.09. The van der Waals surface area contributed by atoms with Crippen LogP contribution in [0.25, 0.3) is 11.3 Å². The van der Waals surface area contributed by atoms with Gasteiger partial charge in [0.1, 0.15) is 0 Å². The molecule has 1 aliphatic heterocycles. The fraction of sp³-hybridized carbons (Fsp3) is 0.250. The van der Waals surface area contributed by atoms with E-state index in [4.69, 9.17) is 4.98 Å². The summed E-state index contributed by atoms with van der Waals surface area (Å²) in [6.07, 6.45) is 10.1. The van der Waals surface area contributed by atoms with Gasteiger partial charge in [-0.2, -0.15) is 0 Å². The number of hydrogen-bond acceptors (Lipinski definition) is 6. The third-order valence-corrected chi connectivity index (χ3v) is 4.47. The zero-order valence-corrected chi connectivity index (χ0v) is 15.6. The highest BCUT2D eigenvalue weighted by atomic mass is 16.2. The molecule has 8 heteroatoms. The number of amides is 2. The molecule has 0 radical (unpaired) electrons. The first-order valence-corrected chi connectivity index (χ1v) is 9.22. The van der Waals surface area contributed by atoms with Crippen molar-refractivity contribution < 1.29 is 4.79 Å². The van der Waals surface area contributed by atoms with E-state index >= 15 is 0 Å². The first-order chi connectivity index (χ1) is 13.7. The van der Waals surface area contributed by atoms with E-state index < -0.39 is 0 Å². The third kappa shape index (κ3) is 3.90. The van der Waals surface area contributed by atoms with Crippen LogP contribution >= 0.6 is 0 Å². The molecule has 2 N–H and O–H groups in total. The zero-order chi connectivity index (χ0) is 19.3. The lowest BCUT2D eigenvalue weighted by Gasteiger charge is -2.27. The number of aromatic nitrogens is 4. The van der Waals surface area contributed by atoms with Crippen molar-refractivity contribution in [2.45, 2.75) is 19.8 Å². The highest BCUT2D eigenvalue weighted by molar-refractivity contribution is 6.02. The maximum absolute atomic E-state index is 13.0. The molecule has 2 amide bonds. The number of carbonyl (C=O) groups is 1. The van der Waals surface area contributed by atoms with Crippen LogP contribution < -0.4 is 15.5 Å². The lowest BCUT2D eigenvalue weighted by molar-refractivity contribution is 0.256. The van der Waals surface area contributed by atoms with E-state index in [1.807, 2.05) is 25.1 Å². The van der Waals surface area contributed by atoms with Gasteiger partial charge in [-0.15, -0.1) is 0 Å². The number of urea groups is 1. The second-order valence-corrected chi connectivity index (χ2v) is 6.62. The molecule has 0 bridgehead atoms. The van der Waals surface area contributed by atoms with Gasteiger partial charge in [-0.25, -0.2) is 14.8 Å². The van der Waals surface area contributed by atoms with Crippen LogP contribution in [-0.2, 0) is 0 Å². The molecule has 3 aromatic heterocycles. The lowest BCUT2D eigenvalue weighted by atomic mass is 10.1. The molecule has 4 rings (SSSR count). The van der Waals surface area contributed by atoms with Gasteiger partial charge >= 0.3 is 6.03 Å². The van der Waals surface area contributed by atoms with Crippen molar-refractivity contribution in [2.75, 3.05) is 28.6 Å². The molecular weight excluding hydrogens is 354 g/mol. The second-order valence-electron chi connectivity index (χ2n) is 6.62. The standard InChI is InChI=1S/C20H21N7O/c1-14-10-15(12-22-11-14)16-4-5-17-19(25-16)27(9-3-2-6-23-17)20(28)26-18-13-21-7-8-24-18/h4-5,7-8,10-13,23H,2-3,6,9H2,1H3,(H,24,26,28). The predicted molar refractivity (Wildman–Crippen MR) is 108 cm³/mol. The smallest absolute Gasteiger partial charge is 0.328 e. The summed E-state index contributed by atoms with van der Waals surface area (Å²) < 4.78 is 0. The molecule has 142 valence electrons. The Morgan fingerprint density at radius 3 is 2.89 bits per heavy atom. The van der Waals surface area contributed by atoms with Gasteiger partial charge in [-0.1, -0.05) is 0 Å². The van der Waals surface area contributed by atoms with Crippen LogP contribution in [-0.4, -0.2) is 39.1 Å². The van der Waals surface area contributed by atoms with Gasteiger partial charge in [-0.3, -0.25) is 20.2 Å². The summed E-state index contributed by atoms with van der Waals surface area (Å²) in [4.78, 5) is 31.8. The molecule has 0 atom stereocenters. The topological polar surface area (TPSA) is 95.9 Å². The number of carbonyl (C=O) groups excluding carboxylic acids is 1. The van der Waals surface area contributed by atoms with Crippen molar-refractivity contribution in [3.8, 4) is 11.3 Å². The van der Waals surface area contributed by atoms with Crippen LogP contribution in [0, 0.1) is 6.92 Å². The van der Waals surface area contributed by atoms with E-state index in [1.54, 1.807) is 29.7 Å². The van der Waals surface area contributed by atoms with Crippen molar-refractivity contribution >= 4 is 23.4 Å². The Morgan fingerprint density at radius 1 is 1.14 bits per heavy atom. The number of pyridine rings is 2. The monoisotopic (exact) mass is 375 g/mol. The number of nitrogens with one attached hydrogen (secondary N) is 2. The fourth-order valence-electron chi connectivity index (χ4n) is 3.11. The molecule has 0 spiro atoms. The Morgan fingerprint density at radius 2 is 2.07 bits per heavy atom. The van der Waals surface area contributed by atoms with Crippen LogP contribution in [0.4, 0.5) is 22.1 Å². The number of aryl methyl sites for hydroxylation is 1. The molecule has 0 saturated heterocycles. The van der Waals surface area contributed by atoms with Gasteiger partial charge in [0.2, 0.25) is 0 Å². The molecule has 3 aromatic rings. The Hall–Kier alpha value is -3.55. The average Bonchev–Trinajstić information content (AvgIpc) is 2.69. The minimum Gasteiger partial charge on any atom is -0.382 e. The maximum atomic E-state index is 13.0. The predicted octanol–water partition coefficient (Wildman–Crippen LogP) is 3.49. The van der Waals surface area contributed by atoms with Crippen molar-refractivity contribution in [3.63, 3.8) is 0 Å². The first-order valence-electron chi connectivity index (χ1n) is 9.22. The van der Waals surface area contributed by atoms with Gasteiger partial charge < -0.3 is 5.32 Å². The summed E-state index contributed by atoms with van der Waals surface area (Å²) in [5.74, 6) is 1.00. The van der Waals surface area contributed by atoms with Gasteiger partial charge in [0, 0.05) is 43.4 Å². The Labute approximate surface area is 163 Å². The van der Waals surface area contributed by atoms with Crippen molar-refractivity contribution in [3.05, 3.63) is 54.7 Å². The van der Waals surface area contributed by atoms with Crippen molar-refractivity contribution in [1.29, 1.82) is 0 Å². The van der Waals surface area contributed by atoms with E-state index in [1.165, 1.54) is 6.20 Å². The van der Waals surface area contributed by atoms with E-state index in [-0.39, 0.29) is 6.03 Å². The summed E-state index contributed by atoms with van der Waals surface area (Å²) in [6.45, 7) is 3.41. The van der Waals surface area contributed by atoms with E-state index in [0.717, 1.165) is 41.9 Å². The third-order valence-electron chi connectivity index (χ3n) is 4.47. The highest BCUT2D eigenvalue weighted by Gasteiger charge is 2.23. The molecule has 0 fully saturated rings. The molecule has 0 saturated carbocycles. The van der Waals surface area contributed by atoms with Crippen LogP contribution in [0.1, 0.15) is 18.4 Å². The molecule has 0 aliphatic carbocycles. The lowest BCUT2D eigenvalue weighted by Crippen LogP contribution is -2.38. The second kappa shape index (κ2) is 7.99. The van der Waals surface area contributed by atoms with E-state index in [2.05, 4.69) is 25.6 Å². The number of nitrogens with zero attached hydrogens (tertiary/aromatic N) is 5. The maximum Gasteiger partial charge on any atom is 0.328 e. The molecule has 0 unspecified atom stereocenters. The number of hydrogen-bond donors (Lipinski definition) is 2. The zero-order valence-electron chi connectivity index (χ0n) is 15.6. The quantitative estimate of drug-likeness (QED) is 0.712. The van der Waals surface area contributed by atoms with Crippen molar-refractivity contribution in [2.24, 2.45) is 0 Å². The summed E-state index contributed by atoms with van der Waals surface area (Å²) in [7, 11) is 0. The Balaban J connectivity index is 1.70. The van der Waals surface area contributed by atoms with E-state index in [0.29, 0.717) is 18.2 Å². The minimum atomic E-state index is -0.280. The van der Waals surface area contributed by atoms with Crippen LogP contribution in [0.15, 0.2) is 49.2 Å². The summed E-state index contributed by atoms with van der Waals surface area (Å²) >= 11 is 0. The van der Waals surface area contributed by atoms with Gasteiger partial charge in [-0.05, 0) is 43.5 Å². The summed E-state index contributed by atoms with van der Waals surface area (Å²) in [5, 5.41) is 6.18. The van der Waals surface area contributed by atoms with Crippen LogP contribution in [0.3, 0.4) is 0 Å². The van der Waals surface area contributed by atoms with Crippen LogP contribution in [0.5, 0.6) is 0 Å². The fourth-order valence-corrected chi connectivity index (χ4v) is 3.11. The van der Waals surface area contributed by atoms with Crippen molar-refractivity contribution in [1.82, 2.24) is 19.9 Å². The molecule has 4 heterocycles. The number of rotatable bonds is 2. The van der Waals surface area contributed by atoms with Gasteiger partial charge in [0.15, 0.2) is 11.6 Å². The normalized spacial score (nSPS) is 13.7. The summed E-state index contributed by atoms with van der Waals surface area (Å²) in [6, 6.07) is 5.66. The first kappa shape index (κ1) is 17.8. The van der Waals surface area contributed by atoms with Gasteiger partial charge in [0.05, 0.1) is 17.6 Å². The average molecular weight is 375 g/mol.